The second-order valence-corrected chi connectivity index (χ2v) is 12.7. The molecule has 0 saturated heterocycles. The largest absolute Gasteiger partial charge is 0.465 e. The molecule has 0 heterocycles. The lowest BCUT2D eigenvalue weighted by Crippen LogP contribution is -2.56. The molecule has 0 radical (unpaired) electrons. The molecular formula is C26H38F6O4. The normalized spacial score (nSPS) is 40.8. The molecule has 10 heteroatoms. The first kappa shape index (κ1) is 28.0. The van der Waals surface area contributed by atoms with E-state index in [1.807, 2.05) is 13.8 Å². The first-order chi connectivity index (χ1) is 16.4. The molecule has 4 fully saturated rings. The zero-order chi connectivity index (χ0) is 27.0. The third-order valence-electron chi connectivity index (χ3n) is 10.5. The van der Waals surface area contributed by atoms with Crippen molar-refractivity contribution >= 4 is 5.97 Å². The fraction of sp³-hybridized carbons (Fsp3) is 0.962. The summed E-state index contributed by atoms with van der Waals surface area (Å²) in [5.74, 6) is 2.36. The van der Waals surface area contributed by atoms with Gasteiger partial charge in [0.2, 0.25) is 0 Å². The maximum Gasteiger partial charge on any atom is 0.426 e. The zero-order valence-corrected chi connectivity index (χ0v) is 21.2. The van der Waals surface area contributed by atoms with E-state index >= 15 is 0 Å². The number of carbonyl (C=O) groups is 1. The summed E-state index contributed by atoms with van der Waals surface area (Å²) in [6.45, 7) is 7.63. The van der Waals surface area contributed by atoms with Gasteiger partial charge in [0, 0.05) is 0 Å². The minimum absolute atomic E-state index is 0.104. The van der Waals surface area contributed by atoms with Crippen LogP contribution < -0.4 is 0 Å². The van der Waals surface area contributed by atoms with Crippen LogP contribution in [-0.2, 0) is 9.53 Å². The summed E-state index contributed by atoms with van der Waals surface area (Å²) in [6.07, 6.45) is -10.5. The number of carbonyl (C=O) groups excluding carboxylic acids is 1. The minimum atomic E-state index is -5.87. The molecule has 4 aliphatic carbocycles. The molecule has 0 aromatic rings. The molecule has 4 nitrogen and oxygen atoms in total. The molecule has 0 aromatic heterocycles. The molecule has 0 spiro atoms. The molecule has 36 heavy (non-hydrogen) atoms. The average molecular weight is 529 g/mol. The number of aliphatic hydroxyl groups is 2. The van der Waals surface area contributed by atoms with E-state index in [4.69, 9.17) is 4.74 Å². The van der Waals surface area contributed by atoms with Crippen LogP contribution in [0.25, 0.3) is 0 Å². The molecule has 2 N–H and O–H groups in total. The van der Waals surface area contributed by atoms with Crippen molar-refractivity contribution in [2.45, 2.75) is 89.8 Å². The Morgan fingerprint density at radius 3 is 1.92 bits per heavy atom. The van der Waals surface area contributed by atoms with Crippen LogP contribution in [0.5, 0.6) is 0 Å². The zero-order valence-electron chi connectivity index (χ0n) is 21.2. The highest BCUT2D eigenvalue weighted by Gasteiger charge is 2.69. The molecule has 0 amide bonds. The van der Waals surface area contributed by atoms with Gasteiger partial charge in [0.25, 0.3) is 5.60 Å². The van der Waals surface area contributed by atoms with Crippen molar-refractivity contribution in [2.24, 2.45) is 59.2 Å². The van der Waals surface area contributed by atoms with Crippen LogP contribution in [0, 0.1) is 59.2 Å². The molecule has 9 unspecified atom stereocenters. The number of esters is 1. The van der Waals surface area contributed by atoms with E-state index in [1.165, 1.54) is 0 Å². The van der Waals surface area contributed by atoms with Crippen LogP contribution in [0.4, 0.5) is 26.3 Å². The van der Waals surface area contributed by atoms with Gasteiger partial charge >= 0.3 is 18.3 Å². The fourth-order valence-electron chi connectivity index (χ4n) is 8.83. The van der Waals surface area contributed by atoms with Crippen LogP contribution in [0.15, 0.2) is 0 Å². The van der Waals surface area contributed by atoms with E-state index in [1.54, 1.807) is 0 Å². The monoisotopic (exact) mass is 528 g/mol. The SMILES string of the molecule is CC1C2CC(C(=O)OCCCC(O)(C(F)(F)F)C(F)(F)F)C(C2)C1[C@H]1C2CC(C1C)C(C(C)(C)O)C2. The van der Waals surface area contributed by atoms with E-state index in [0.29, 0.717) is 47.8 Å². The highest BCUT2D eigenvalue weighted by atomic mass is 19.4. The molecule has 0 aromatic carbocycles. The number of alkyl halides is 6. The minimum Gasteiger partial charge on any atom is -0.465 e. The lowest BCUT2D eigenvalue weighted by Gasteiger charge is -2.46. The Morgan fingerprint density at radius 2 is 1.42 bits per heavy atom. The summed E-state index contributed by atoms with van der Waals surface area (Å²) in [5.41, 5.74) is -5.55. The van der Waals surface area contributed by atoms with Gasteiger partial charge in [-0.3, -0.25) is 4.79 Å². The third-order valence-corrected chi connectivity index (χ3v) is 10.5. The van der Waals surface area contributed by atoms with Crippen molar-refractivity contribution in [2.75, 3.05) is 6.61 Å². The molecule has 0 aliphatic heterocycles. The van der Waals surface area contributed by atoms with Crippen LogP contribution >= 0.6 is 0 Å². The predicted molar refractivity (Wildman–Crippen MR) is 118 cm³/mol. The van der Waals surface area contributed by atoms with E-state index in [2.05, 4.69) is 13.8 Å². The highest BCUT2D eigenvalue weighted by Crippen LogP contribution is 2.67. The second-order valence-electron chi connectivity index (χ2n) is 12.7. The lowest BCUT2D eigenvalue weighted by molar-refractivity contribution is -0.370. The van der Waals surface area contributed by atoms with E-state index < -0.39 is 54.9 Å². The number of hydrogen-bond donors (Lipinski definition) is 2. The van der Waals surface area contributed by atoms with Gasteiger partial charge in [0.15, 0.2) is 0 Å². The van der Waals surface area contributed by atoms with Gasteiger partial charge in [-0.25, -0.2) is 0 Å². The summed E-state index contributed by atoms with van der Waals surface area (Å²) < 4.78 is 82.3. The van der Waals surface area contributed by atoms with Gasteiger partial charge < -0.3 is 14.9 Å². The highest BCUT2D eigenvalue weighted by molar-refractivity contribution is 5.73. The Balaban J connectivity index is 1.36. The lowest BCUT2D eigenvalue weighted by atomic mass is 9.59. The van der Waals surface area contributed by atoms with Gasteiger partial charge in [-0.2, -0.15) is 26.3 Å². The maximum atomic E-state index is 12.9. The average Bonchev–Trinajstić information content (AvgIpc) is 3.48. The van der Waals surface area contributed by atoms with E-state index in [9.17, 15) is 41.4 Å². The number of hydrogen-bond acceptors (Lipinski definition) is 4. The van der Waals surface area contributed by atoms with Gasteiger partial charge in [-0.1, -0.05) is 13.8 Å². The van der Waals surface area contributed by atoms with Gasteiger partial charge in [-0.15, -0.1) is 0 Å². The molecule has 4 aliphatic rings. The third kappa shape index (κ3) is 4.46. The Bertz CT molecular complexity index is 818. The summed E-state index contributed by atoms with van der Waals surface area (Å²) >= 11 is 0. The predicted octanol–water partition coefficient (Wildman–Crippen LogP) is 5.75. The van der Waals surface area contributed by atoms with Crippen LogP contribution in [0.2, 0.25) is 0 Å². The topological polar surface area (TPSA) is 66.8 Å². The molecule has 4 rings (SSSR count). The summed E-state index contributed by atoms with van der Waals surface area (Å²) in [6, 6.07) is 0. The summed E-state index contributed by atoms with van der Waals surface area (Å²) in [7, 11) is 0. The van der Waals surface area contributed by atoms with Crippen LogP contribution in [0.1, 0.15) is 66.2 Å². The second kappa shape index (κ2) is 9.02. The Kier molecular flexibility index (Phi) is 7.02. The van der Waals surface area contributed by atoms with E-state index in [-0.39, 0.29) is 11.8 Å². The summed E-state index contributed by atoms with van der Waals surface area (Å²) in [4.78, 5) is 12.9. The Labute approximate surface area is 208 Å². The standard InChI is InChI=1S/C26H38F6O4/c1-12-14-8-17(21(12)20-13(2)16-10-15(20)11-19(16)23(3,4)34)18(9-14)22(33)36-7-5-6-24(35,25(27,28)29)26(30,31)32/h12-21,34-35H,5-11H2,1-4H3/t12?,13?,14?,15?,16?,17?,18?,19?,20-,21?/m1/s1. The number of ether oxygens (including phenoxy) is 1. The van der Waals surface area contributed by atoms with Crippen molar-refractivity contribution in [3.05, 3.63) is 0 Å². The number of rotatable bonds is 7. The quantitative estimate of drug-likeness (QED) is 0.251. The van der Waals surface area contributed by atoms with Crippen LogP contribution in [-0.4, -0.2) is 46.3 Å². The van der Waals surface area contributed by atoms with Crippen molar-refractivity contribution in [3.8, 4) is 0 Å². The Morgan fingerprint density at radius 1 is 0.833 bits per heavy atom. The first-order valence-electron chi connectivity index (χ1n) is 13.1. The van der Waals surface area contributed by atoms with Crippen molar-refractivity contribution in [1.29, 1.82) is 0 Å². The van der Waals surface area contributed by atoms with Gasteiger partial charge in [-0.05, 0) is 106 Å². The molecular weight excluding hydrogens is 490 g/mol. The number of fused-ring (bicyclic) bond motifs is 4. The smallest absolute Gasteiger partial charge is 0.426 e. The molecule has 10 atom stereocenters. The Hall–Kier alpha value is -1.03. The van der Waals surface area contributed by atoms with Crippen molar-refractivity contribution in [3.63, 3.8) is 0 Å². The fourth-order valence-corrected chi connectivity index (χ4v) is 8.83. The van der Waals surface area contributed by atoms with Gasteiger partial charge in [0.05, 0.1) is 18.1 Å². The van der Waals surface area contributed by atoms with Crippen molar-refractivity contribution < 1.29 is 46.1 Å². The molecule has 4 saturated carbocycles. The molecule has 4 bridgehead atoms. The summed E-state index contributed by atoms with van der Waals surface area (Å²) in [5, 5.41) is 19.9. The first-order valence-corrected chi connectivity index (χ1v) is 13.1. The van der Waals surface area contributed by atoms with Crippen LogP contribution in [0.3, 0.4) is 0 Å². The van der Waals surface area contributed by atoms with Crippen molar-refractivity contribution in [1.82, 2.24) is 0 Å². The maximum absolute atomic E-state index is 12.9. The number of halogens is 6. The van der Waals surface area contributed by atoms with E-state index in [0.717, 1.165) is 19.3 Å². The molecule has 208 valence electrons. The van der Waals surface area contributed by atoms with Gasteiger partial charge in [0.1, 0.15) is 0 Å².